The van der Waals surface area contributed by atoms with Gasteiger partial charge in [0.05, 0.1) is 4.90 Å². The van der Waals surface area contributed by atoms with Crippen molar-refractivity contribution in [2.45, 2.75) is 30.3 Å². The number of anilines is 1. The van der Waals surface area contributed by atoms with Crippen LogP contribution in [0.25, 0.3) is 10.8 Å². The maximum atomic E-state index is 12.2. The van der Waals surface area contributed by atoms with Gasteiger partial charge in [0.25, 0.3) is 0 Å². The Kier molecular flexibility index (Phi) is 6.45. The Labute approximate surface area is 188 Å². The Hall–Kier alpha value is -2.94. The first-order valence-corrected chi connectivity index (χ1v) is 12.1. The van der Waals surface area contributed by atoms with Crippen molar-refractivity contribution >= 4 is 32.5 Å². The summed E-state index contributed by atoms with van der Waals surface area (Å²) in [5.74, 6) is -1.22. The second-order valence-corrected chi connectivity index (χ2v) is 9.87. The number of aliphatic carboxylic acids is 1. The number of carboxylic acid groups (broad SMARTS) is 1. The van der Waals surface area contributed by atoms with Gasteiger partial charge in [-0.25, -0.2) is 8.42 Å². The topological polar surface area (TPSA) is 98.7 Å². The van der Waals surface area contributed by atoms with Gasteiger partial charge in [-0.3, -0.25) is 4.79 Å². The van der Waals surface area contributed by atoms with E-state index in [1.54, 1.807) is 12.1 Å². The molecule has 0 spiro atoms. The summed E-state index contributed by atoms with van der Waals surface area (Å²) in [5, 5.41) is 14.9. The van der Waals surface area contributed by atoms with Crippen LogP contribution in [-0.4, -0.2) is 45.2 Å². The van der Waals surface area contributed by atoms with E-state index in [1.807, 2.05) is 0 Å². The molecule has 0 aliphatic carbocycles. The Morgan fingerprint density at radius 2 is 1.81 bits per heavy atom. The number of carboxylic acids is 1. The molecule has 0 bridgehead atoms. The Morgan fingerprint density at radius 1 is 1.09 bits per heavy atom. The summed E-state index contributed by atoms with van der Waals surface area (Å²) >= 11 is 0. The van der Waals surface area contributed by atoms with Crippen molar-refractivity contribution in [3.8, 4) is 0 Å². The van der Waals surface area contributed by atoms with Crippen LogP contribution in [0.15, 0.2) is 71.6 Å². The van der Waals surface area contributed by atoms with Crippen LogP contribution in [0.5, 0.6) is 0 Å². The Bertz CT molecular complexity index is 1210. The van der Waals surface area contributed by atoms with E-state index in [-0.39, 0.29) is 10.9 Å². The molecule has 0 unspecified atom stereocenters. The van der Waals surface area contributed by atoms with E-state index >= 15 is 0 Å². The van der Waals surface area contributed by atoms with Crippen LogP contribution >= 0.6 is 0 Å². The predicted molar refractivity (Wildman–Crippen MR) is 125 cm³/mol. The highest BCUT2D eigenvalue weighted by Gasteiger charge is 2.25. The van der Waals surface area contributed by atoms with E-state index in [0.717, 1.165) is 25.2 Å². The van der Waals surface area contributed by atoms with Crippen molar-refractivity contribution in [2.24, 2.45) is 0 Å². The lowest BCUT2D eigenvalue weighted by Gasteiger charge is -2.23. The van der Waals surface area contributed by atoms with Crippen molar-refractivity contribution < 1.29 is 18.3 Å². The fourth-order valence-electron chi connectivity index (χ4n) is 4.28. The molecule has 1 aliphatic heterocycles. The fourth-order valence-corrected chi connectivity index (χ4v) is 5.25. The van der Waals surface area contributed by atoms with E-state index in [1.165, 1.54) is 28.5 Å². The average molecular weight is 454 g/mol. The molecule has 1 aliphatic rings. The van der Waals surface area contributed by atoms with Gasteiger partial charge in [-0.15, -0.1) is 0 Å². The largest absolute Gasteiger partial charge is 0.480 e. The molecule has 4 rings (SSSR count). The summed E-state index contributed by atoms with van der Waals surface area (Å²) in [4.78, 5) is 12.9. The molecule has 7 nitrogen and oxygen atoms in total. The minimum Gasteiger partial charge on any atom is -0.480 e. The Morgan fingerprint density at radius 3 is 2.56 bits per heavy atom. The van der Waals surface area contributed by atoms with Gasteiger partial charge in [-0.05, 0) is 53.9 Å². The number of rotatable bonds is 8. The van der Waals surface area contributed by atoms with E-state index in [9.17, 15) is 13.2 Å². The van der Waals surface area contributed by atoms with Crippen LogP contribution < -0.4 is 14.9 Å². The molecule has 1 heterocycles. The van der Waals surface area contributed by atoms with Crippen LogP contribution in [0, 0.1) is 0 Å². The highest BCUT2D eigenvalue weighted by molar-refractivity contribution is 7.89. The molecule has 8 heteroatoms. The number of nitrogens with zero attached hydrogens (tertiary/aromatic N) is 1. The van der Waals surface area contributed by atoms with Crippen LogP contribution in [0.2, 0.25) is 0 Å². The number of hydrogen-bond acceptors (Lipinski definition) is 5. The number of nitrogens with one attached hydrogen (secondary N) is 2. The average Bonchev–Trinajstić information content (AvgIpc) is 3.26. The van der Waals surface area contributed by atoms with Crippen LogP contribution in [0.3, 0.4) is 0 Å². The molecule has 0 aromatic heterocycles. The second kappa shape index (κ2) is 9.28. The fraction of sp³-hybridized carbons (Fsp3) is 0.292. The molecule has 0 radical (unpaired) electrons. The molecule has 168 valence electrons. The molecule has 3 aromatic rings. The SMILES string of the molecule is C[C@@H](N[C@H]1CCN(c2ccc(S(=O)(=O)NCC(=O)O)cc2)C1)c1cccc2ccccc12. The summed E-state index contributed by atoms with van der Waals surface area (Å²) < 4.78 is 26.4. The molecule has 2 atom stereocenters. The van der Waals surface area contributed by atoms with Gasteiger partial charge in [0.2, 0.25) is 10.0 Å². The number of carbonyl (C=O) groups is 1. The zero-order chi connectivity index (χ0) is 22.7. The minimum atomic E-state index is -3.83. The van der Waals surface area contributed by atoms with Crippen molar-refractivity contribution in [2.75, 3.05) is 24.5 Å². The van der Waals surface area contributed by atoms with Crippen molar-refractivity contribution in [3.63, 3.8) is 0 Å². The second-order valence-electron chi connectivity index (χ2n) is 8.10. The zero-order valence-corrected chi connectivity index (χ0v) is 18.7. The first-order valence-electron chi connectivity index (χ1n) is 10.6. The maximum Gasteiger partial charge on any atom is 0.318 e. The molecular formula is C24H27N3O4S. The zero-order valence-electron chi connectivity index (χ0n) is 17.9. The van der Waals surface area contributed by atoms with Crippen LogP contribution in [0.1, 0.15) is 24.9 Å². The highest BCUT2D eigenvalue weighted by Crippen LogP contribution is 2.27. The first-order chi connectivity index (χ1) is 15.3. The van der Waals surface area contributed by atoms with Gasteiger partial charge < -0.3 is 15.3 Å². The van der Waals surface area contributed by atoms with Crippen molar-refractivity contribution in [3.05, 3.63) is 72.3 Å². The van der Waals surface area contributed by atoms with Gasteiger partial charge in [0, 0.05) is 30.9 Å². The third kappa shape index (κ3) is 4.93. The lowest BCUT2D eigenvalue weighted by Crippen LogP contribution is -2.34. The van der Waals surface area contributed by atoms with Gasteiger partial charge in [-0.2, -0.15) is 4.72 Å². The quantitative estimate of drug-likeness (QED) is 0.485. The van der Waals surface area contributed by atoms with E-state index in [4.69, 9.17) is 5.11 Å². The Balaban J connectivity index is 1.40. The molecule has 1 fully saturated rings. The van der Waals surface area contributed by atoms with Gasteiger partial charge in [-0.1, -0.05) is 42.5 Å². The maximum absolute atomic E-state index is 12.2. The minimum absolute atomic E-state index is 0.0564. The highest BCUT2D eigenvalue weighted by atomic mass is 32.2. The third-order valence-corrected chi connectivity index (χ3v) is 7.31. The lowest BCUT2D eigenvalue weighted by molar-refractivity contribution is -0.135. The standard InChI is InChI=1S/C24H27N3O4S/c1-17(22-8-4-6-18-5-2-3-7-23(18)22)26-19-13-14-27(16-19)20-9-11-21(12-10-20)32(30,31)25-15-24(28)29/h2-12,17,19,25-26H,13-16H2,1H3,(H,28,29)/t17-,19+/m1/s1. The molecular weight excluding hydrogens is 426 g/mol. The van der Waals surface area contributed by atoms with Crippen molar-refractivity contribution in [1.29, 1.82) is 0 Å². The summed E-state index contributed by atoms with van der Waals surface area (Å²) in [6.45, 7) is 3.26. The lowest BCUT2D eigenvalue weighted by atomic mass is 9.99. The van der Waals surface area contributed by atoms with E-state index < -0.39 is 22.5 Å². The number of fused-ring (bicyclic) bond motifs is 1. The van der Waals surface area contributed by atoms with E-state index in [0.29, 0.717) is 6.04 Å². The summed E-state index contributed by atoms with van der Waals surface area (Å²) in [6, 6.07) is 21.9. The molecule has 3 aromatic carbocycles. The predicted octanol–water partition coefficient (Wildman–Crippen LogP) is 3.13. The first kappa shape index (κ1) is 22.3. The summed E-state index contributed by atoms with van der Waals surface area (Å²) in [7, 11) is -3.83. The van der Waals surface area contributed by atoms with Gasteiger partial charge in [0.1, 0.15) is 6.54 Å². The molecule has 32 heavy (non-hydrogen) atoms. The van der Waals surface area contributed by atoms with Crippen molar-refractivity contribution in [1.82, 2.24) is 10.0 Å². The smallest absolute Gasteiger partial charge is 0.318 e. The third-order valence-electron chi connectivity index (χ3n) is 5.89. The molecule has 1 saturated heterocycles. The molecule has 0 amide bonds. The van der Waals surface area contributed by atoms with Crippen LogP contribution in [0.4, 0.5) is 5.69 Å². The van der Waals surface area contributed by atoms with Gasteiger partial charge in [0.15, 0.2) is 0 Å². The number of sulfonamides is 1. The summed E-state index contributed by atoms with van der Waals surface area (Å²) in [6.07, 6.45) is 0.995. The monoisotopic (exact) mass is 453 g/mol. The molecule has 0 saturated carbocycles. The summed E-state index contributed by atoms with van der Waals surface area (Å²) in [5.41, 5.74) is 2.23. The molecule has 3 N–H and O–H groups in total. The number of hydrogen-bond donors (Lipinski definition) is 3. The number of benzene rings is 3. The van der Waals surface area contributed by atoms with E-state index in [2.05, 4.69) is 64.3 Å². The van der Waals surface area contributed by atoms with Gasteiger partial charge >= 0.3 is 5.97 Å². The normalized spacial score (nSPS) is 17.5. The van der Waals surface area contributed by atoms with Crippen LogP contribution in [-0.2, 0) is 14.8 Å².